The summed E-state index contributed by atoms with van der Waals surface area (Å²) in [7, 11) is -4.78. The van der Waals surface area contributed by atoms with Gasteiger partial charge in [-0.15, -0.1) is 0 Å². The van der Waals surface area contributed by atoms with Crippen LogP contribution < -0.4 is 2.81 Å². The molecule has 0 aliphatic rings. The van der Waals surface area contributed by atoms with Gasteiger partial charge in [0.1, 0.15) is 0 Å². The maximum atomic E-state index is 11.0. The maximum absolute atomic E-state index is 11.0. The summed E-state index contributed by atoms with van der Waals surface area (Å²) in [6.45, 7) is 0. The first-order valence-corrected chi connectivity index (χ1v) is 6.67. The predicted octanol–water partition coefficient (Wildman–Crippen LogP) is -0.876. The van der Waals surface area contributed by atoms with Crippen molar-refractivity contribution in [2.24, 2.45) is 0 Å². The molecule has 0 saturated carbocycles. The molecule has 3 N–H and O–H groups in total. The molecule has 0 aliphatic carbocycles. The van der Waals surface area contributed by atoms with Gasteiger partial charge in [0.25, 0.3) is 0 Å². The fraction of sp³-hybridized carbons (Fsp3) is 0. The summed E-state index contributed by atoms with van der Waals surface area (Å²) in [4.78, 5) is 20.7. The number of hydrogen-bond acceptors (Lipinski definition) is 4. The third kappa shape index (κ3) is 3.05. The van der Waals surface area contributed by atoms with Crippen LogP contribution in [0.3, 0.4) is 0 Å². The van der Waals surface area contributed by atoms with E-state index in [2.05, 4.69) is 0 Å². The van der Waals surface area contributed by atoms with E-state index in [1.165, 1.54) is 0 Å². The van der Waals surface area contributed by atoms with Gasteiger partial charge in [-0.05, 0) is 0 Å². The van der Waals surface area contributed by atoms with Crippen LogP contribution in [-0.2, 0) is 10.1 Å². The standard InChI is InChI=1S/C8H5O7S.Na/c9-7(10)4-1-2-5(8(11)12)6(3-4)16(13,14)15;/h2-3H,(H,9,10)(H,11,12)(H,13,14,15);. The molecular weight excluding hydrogens is 263 g/mol. The Hall–Kier alpha value is -0.930. The van der Waals surface area contributed by atoms with E-state index in [4.69, 9.17) is 14.8 Å². The van der Waals surface area contributed by atoms with E-state index in [9.17, 15) is 18.0 Å². The van der Waals surface area contributed by atoms with E-state index in [0.29, 0.717) is 6.07 Å². The first kappa shape index (κ1) is 14.1. The van der Waals surface area contributed by atoms with Crippen molar-refractivity contribution in [2.75, 3.05) is 0 Å². The molecule has 0 heterocycles. The summed E-state index contributed by atoms with van der Waals surface area (Å²) < 4.78 is 31.0. The van der Waals surface area contributed by atoms with Crippen LogP contribution in [0.4, 0.5) is 0 Å². The molecule has 0 radical (unpaired) electrons. The van der Waals surface area contributed by atoms with Crippen molar-refractivity contribution in [3.05, 3.63) is 23.3 Å². The number of rotatable bonds is 3. The molecule has 1 aromatic carbocycles. The molecule has 0 unspecified atom stereocenters. The average molecular weight is 268 g/mol. The first-order valence-electron chi connectivity index (χ1n) is 4.23. The molecule has 0 aromatic heterocycles. The Morgan fingerprint density at radius 2 is 1.53 bits per heavy atom. The minimum absolute atomic E-state index is 0.224. The van der Waals surface area contributed by atoms with Gasteiger partial charge < -0.3 is 0 Å². The topological polar surface area (TPSA) is 129 Å². The summed E-state index contributed by atoms with van der Waals surface area (Å²) >= 11 is 0.232. The van der Waals surface area contributed by atoms with E-state index >= 15 is 0 Å². The van der Waals surface area contributed by atoms with Gasteiger partial charge in [0.15, 0.2) is 0 Å². The van der Waals surface area contributed by atoms with Crippen LogP contribution in [0.1, 0.15) is 20.7 Å². The van der Waals surface area contributed by atoms with E-state index in [-0.39, 0.29) is 36.3 Å². The van der Waals surface area contributed by atoms with Crippen LogP contribution in [0.25, 0.3) is 0 Å². The molecule has 1 aromatic rings. The molecule has 9 heteroatoms. The Balaban J connectivity index is 3.72. The molecular formula is C8H5NaO7S. The Morgan fingerprint density at radius 1 is 1.06 bits per heavy atom. The molecule has 0 bridgehead atoms. The van der Waals surface area contributed by atoms with Crippen LogP contribution >= 0.6 is 0 Å². The zero-order chi connectivity index (χ0) is 13.4. The molecule has 0 atom stereocenters. The number of carboxylic acid groups (broad SMARTS) is 2. The van der Waals surface area contributed by atoms with Gasteiger partial charge in [-0.2, -0.15) is 0 Å². The monoisotopic (exact) mass is 268 g/mol. The van der Waals surface area contributed by atoms with Crippen LogP contribution in [0.15, 0.2) is 17.0 Å². The second-order valence-corrected chi connectivity index (χ2v) is 5.72. The van der Waals surface area contributed by atoms with Gasteiger partial charge in [0.05, 0.1) is 0 Å². The zero-order valence-electron chi connectivity index (χ0n) is 8.54. The van der Waals surface area contributed by atoms with Crippen molar-refractivity contribution in [3.8, 4) is 0 Å². The predicted molar refractivity (Wildman–Crippen MR) is 55.6 cm³/mol. The van der Waals surface area contributed by atoms with Gasteiger partial charge >= 0.3 is 114 Å². The van der Waals surface area contributed by atoms with Gasteiger partial charge in [0.2, 0.25) is 0 Å². The van der Waals surface area contributed by atoms with Crippen LogP contribution in [0.2, 0.25) is 0 Å². The zero-order valence-corrected chi connectivity index (χ0v) is 11.4. The summed E-state index contributed by atoms with van der Waals surface area (Å²) in [5, 5.41) is 17.6. The normalized spacial score (nSPS) is 11.2. The molecule has 7 nitrogen and oxygen atoms in total. The van der Waals surface area contributed by atoms with Crippen molar-refractivity contribution >= 4 is 52.8 Å². The molecule has 17 heavy (non-hydrogen) atoms. The second-order valence-electron chi connectivity index (χ2n) is 3.25. The molecule has 0 spiro atoms. The number of aromatic carboxylic acids is 2. The number of carbonyl (C=O) groups is 2. The Kier molecular flexibility index (Phi) is 3.95. The Labute approximate surface area is 113 Å². The van der Waals surface area contributed by atoms with Gasteiger partial charge in [-0.1, -0.05) is 0 Å². The van der Waals surface area contributed by atoms with Gasteiger partial charge in [-0.3, -0.25) is 0 Å². The summed E-state index contributed by atoms with van der Waals surface area (Å²) in [6.07, 6.45) is 0. The summed E-state index contributed by atoms with van der Waals surface area (Å²) in [6, 6.07) is 1.60. The third-order valence-corrected chi connectivity index (χ3v) is 3.79. The van der Waals surface area contributed by atoms with E-state index in [1.807, 2.05) is 0 Å². The SMILES string of the molecule is O=C(O)c1cc(S(=O)(=O)O)c(C(=O)O)c[c]1[Na]. The van der Waals surface area contributed by atoms with Crippen molar-refractivity contribution in [1.82, 2.24) is 0 Å². The van der Waals surface area contributed by atoms with Crippen LogP contribution in [0, 0.1) is 0 Å². The molecule has 0 aliphatic heterocycles. The number of benzene rings is 1. The van der Waals surface area contributed by atoms with Crippen molar-refractivity contribution in [1.29, 1.82) is 0 Å². The van der Waals surface area contributed by atoms with Crippen molar-refractivity contribution < 1.29 is 32.8 Å². The van der Waals surface area contributed by atoms with Crippen molar-refractivity contribution in [3.63, 3.8) is 0 Å². The van der Waals surface area contributed by atoms with E-state index in [0.717, 1.165) is 6.07 Å². The van der Waals surface area contributed by atoms with Crippen LogP contribution in [0.5, 0.6) is 0 Å². The second kappa shape index (κ2) is 4.75. The van der Waals surface area contributed by atoms with E-state index < -0.39 is 32.5 Å². The number of carboxylic acids is 2. The van der Waals surface area contributed by atoms with Crippen molar-refractivity contribution in [2.45, 2.75) is 4.90 Å². The van der Waals surface area contributed by atoms with Gasteiger partial charge in [-0.25, -0.2) is 0 Å². The Bertz CT molecular complexity index is 605. The van der Waals surface area contributed by atoms with Gasteiger partial charge in [0, 0.05) is 0 Å². The molecule has 1 rings (SSSR count). The molecule has 86 valence electrons. The summed E-state index contributed by atoms with van der Waals surface area (Å²) in [5.41, 5.74) is -0.961. The fourth-order valence-corrected chi connectivity index (χ4v) is 2.64. The Morgan fingerprint density at radius 3 is 1.88 bits per heavy atom. The molecule has 0 amide bonds. The summed E-state index contributed by atoms with van der Waals surface area (Å²) in [5.74, 6) is -2.93. The van der Waals surface area contributed by atoms with E-state index in [1.54, 1.807) is 0 Å². The molecule has 0 saturated heterocycles. The fourth-order valence-electron chi connectivity index (χ4n) is 1.30. The van der Waals surface area contributed by atoms with Crippen LogP contribution in [-0.4, -0.2) is 63.1 Å². The quantitative estimate of drug-likeness (QED) is 0.479. The average Bonchev–Trinajstić information content (AvgIpc) is 2.14. The number of hydrogen-bond donors (Lipinski definition) is 3. The first-order chi connectivity index (χ1) is 7.64. The third-order valence-electron chi connectivity index (χ3n) is 2.07. The molecule has 0 fully saturated rings. The minimum atomic E-state index is -4.78.